The van der Waals surface area contributed by atoms with Gasteiger partial charge in [0, 0.05) is 32.7 Å². The fraction of sp³-hybridized carbons (Fsp3) is 0.360. The van der Waals surface area contributed by atoms with Gasteiger partial charge in [-0.3, -0.25) is 9.69 Å². The number of hydrogen-bond acceptors (Lipinski definition) is 6. The number of aryl methyl sites for hydroxylation is 2. The van der Waals surface area contributed by atoms with Crippen LogP contribution >= 0.6 is 0 Å². The minimum absolute atomic E-state index is 0.106. The molecule has 0 spiro atoms. The number of rotatable bonds is 7. The van der Waals surface area contributed by atoms with Gasteiger partial charge in [0.15, 0.2) is 5.69 Å². The molecule has 1 amide bonds. The van der Waals surface area contributed by atoms with Crippen LogP contribution in [-0.2, 0) is 13.2 Å². The highest BCUT2D eigenvalue weighted by Crippen LogP contribution is 2.21. The van der Waals surface area contributed by atoms with E-state index in [-0.39, 0.29) is 12.5 Å². The van der Waals surface area contributed by atoms with E-state index in [1.165, 1.54) is 11.1 Å². The molecule has 4 rings (SSSR count). The van der Waals surface area contributed by atoms with Crippen LogP contribution in [0, 0.1) is 13.8 Å². The Balaban J connectivity index is 1.35. The standard InChI is InChI=1S/C25H29N3O4/c1-18-7-9-21(10-8-18)31-17-23-19(2)32-26-24(23)25(29)28-13-11-27(12-14-28)16-20-5-4-6-22(15-20)30-3/h4-10,15H,11-14,16-17H2,1-3H3. The van der Waals surface area contributed by atoms with E-state index in [0.717, 1.165) is 31.1 Å². The first-order valence-corrected chi connectivity index (χ1v) is 10.8. The van der Waals surface area contributed by atoms with E-state index in [2.05, 4.69) is 22.2 Å². The number of carbonyl (C=O) groups excluding carboxylic acids is 1. The van der Waals surface area contributed by atoms with E-state index < -0.39 is 0 Å². The van der Waals surface area contributed by atoms with Gasteiger partial charge in [-0.25, -0.2) is 0 Å². The number of methoxy groups -OCH3 is 1. The minimum atomic E-state index is -0.106. The predicted molar refractivity (Wildman–Crippen MR) is 121 cm³/mol. The van der Waals surface area contributed by atoms with Crippen molar-refractivity contribution in [1.82, 2.24) is 15.0 Å². The van der Waals surface area contributed by atoms with Crippen LogP contribution in [0.5, 0.6) is 11.5 Å². The Morgan fingerprint density at radius 3 is 2.50 bits per heavy atom. The Morgan fingerprint density at radius 1 is 1.03 bits per heavy atom. The van der Waals surface area contributed by atoms with Crippen LogP contribution in [0.3, 0.4) is 0 Å². The van der Waals surface area contributed by atoms with E-state index >= 15 is 0 Å². The van der Waals surface area contributed by atoms with Crippen molar-refractivity contribution in [2.24, 2.45) is 0 Å². The first-order chi connectivity index (χ1) is 15.5. The van der Waals surface area contributed by atoms with Crippen molar-refractivity contribution in [2.45, 2.75) is 27.0 Å². The molecule has 1 aliphatic rings. The molecule has 0 aliphatic carbocycles. The Labute approximate surface area is 188 Å². The molecule has 1 aliphatic heterocycles. The zero-order chi connectivity index (χ0) is 22.5. The molecule has 1 fully saturated rings. The van der Waals surface area contributed by atoms with Gasteiger partial charge in [0.2, 0.25) is 0 Å². The van der Waals surface area contributed by atoms with Crippen LogP contribution in [0.25, 0.3) is 0 Å². The second-order valence-corrected chi connectivity index (χ2v) is 8.09. The number of amides is 1. The van der Waals surface area contributed by atoms with Gasteiger partial charge in [0.1, 0.15) is 23.9 Å². The maximum absolute atomic E-state index is 13.2. The fourth-order valence-electron chi connectivity index (χ4n) is 3.81. The monoisotopic (exact) mass is 435 g/mol. The maximum atomic E-state index is 13.2. The topological polar surface area (TPSA) is 68.0 Å². The Hall–Kier alpha value is -3.32. The first kappa shape index (κ1) is 21.9. The molecule has 2 aromatic carbocycles. The molecule has 0 unspecified atom stereocenters. The summed E-state index contributed by atoms with van der Waals surface area (Å²) in [4.78, 5) is 17.3. The van der Waals surface area contributed by atoms with Crippen molar-refractivity contribution < 1.29 is 18.8 Å². The molecule has 0 radical (unpaired) electrons. The number of aromatic nitrogens is 1. The van der Waals surface area contributed by atoms with Crippen molar-refractivity contribution in [3.05, 3.63) is 76.7 Å². The summed E-state index contributed by atoms with van der Waals surface area (Å²) < 4.78 is 16.5. The summed E-state index contributed by atoms with van der Waals surface area (Å²) in [6.45, 7) is 7.81. The van der Waals surface area contributed by atoms with Gasteiger partial charge in [-0.2, -0.15) is 0 Å². The lowest BCUT2D eigenvalue weighted by Crippen LogP contribution is -2.48. The third kappa shape index (κ3) is 5.11. The van der Waals surface area contributed by atoms with Gasteiger partial charge in [0.05, 0.1) is 12.7 Å². The highest BCUT2D eigenvalue weighted by atomic mass is 16.5. The van der Waals surface area contributed by atoms with Crippen molar-refractivity contribution in [3.8, 4) is 11.5 Å². The van der Waals surface area contributed by atoms with Gasteiger partial charge >= 0.3 is 0 Å². The number of benzene rings is 2. The molecule has 3 aromatic rings. The van der Waals surface area contributed by atoms with Crippen molar-refractivity contribution in [2.75, 3.05) is 33.3 Å². The zero-order valence-corrected chi connectivity index (χ0v) is 18.8. The zero-order valence-electron chi connectivity index (χ0n) is 18.8. The summed E-state index contributed by atoms with van der Waals surface area (Å²) in [7, 11) is 1.68. The van der Waals surface area contributed by atoms with Gasteiger partial charge in [-0.1, -0.05) is 35.0 Å². The Kier molecular flexibility index (Phi) is 6.75. The molecule has 168 valence electrons. The van der Waals surface area contributed by atoms with Crippen LogP contribution < -0.4 is 9.47 Å². The lowest BCUT2D eigenvalue weighted by Gasteiger charge is -2.34. The highest BCUT2D eigenvalue weighted by Gasteiger charge is 2.28. The van der Waals surface area contributed by atoms with Crippen LogP contribution in [-0.4, -0.2) is 54.2 Å². The van der Waals surface area contributed by atoms with Crippen molar-refractivity contribution >= 4 is 5.91 Å². The first-order valence-electron chi connectivity index (χ1n) is 10.8. The summed E-state index contributed by atoms with van der Waals surface area (Å²) >= 11 is 0. The number of ether oxygens (including phenoxy) is 2. The van der Waals surface area contributed by atoms with E-state index in [0.29, 0.717) is 30.1 Å². The number of nitrogens with zero attached hydrogens (tertiary/aromatic N) is 3. The summed E-state index contributed by atoms with van der Waals surface area (Å²) in [5, 5.41) is 4.05. The molecule has 7 nitrogen and oxygen atoms in total. The lowest BCUT2D eigenvalue weighted by atomic mass is 10.1. The minimum Gasteiger partial charge on any atom is -0.497 e. The smallest absolute Gasteiger partial charge is 0.276 e. The highest BCUT2D eigenvalue weighted by molar-refractivity contribution is 5.93. The number of carbonyl (C=O) groups is 1. The molecule has 7 heteroatoms. The van der Waals surface area contributed by atoms with Crippen LogP contribution in [0.15, 0.2) is 53.1 Å². The second-order valence-electron chi connectivity index (χ2n) is 8.09. The summed E-state index contributed by atoms with van der Waals surface area (Å²) in [5.74, 6) is 2.11. The lowest BCUT2D eigenvalue weighted by molar-refractivity contribution is 0.0616. The largest absolute Gasteiger partial charge is 0.497 e. The molecule has 0 atom stereocenters. The van der Waals surface area contributed by atoms with Crippen molar-refractivity contribution in [3.63, 3.8) is 0 Å². The van der Waals surface area contributed by atoms with Crippen LogP contribution in [0.4, 0.5) is 0 Å². The second kappa shape index (κ2) is 9.87. The van der Waals surface area contributed by atoms with Gasteiger partial charge in [-0.15, -0.1) is 0 Å². The molecular formula is C25H29N3O4. The average Bonchev–Trinajstić information content (AvgIpc) is 3.19. The average molecular weight is 436 g/mol. The fourth-order valence-corrected chi connectivity index (χ4v) is 3.81. The van der Waals surface area contributed by atoms with Crippen molar-refractivity contribution in [1.29, 1.82) is 0 Å². The summed E-state index contributed by atoms with van der Waals surface area (Å²) in [6, 6.07) is 15.9. The molecular weight excluding hydrogens is 406 g/mol. The SMILES string of the molecule is COc1cccc(CN2CCN(C(=O)c3noc(C)c3COc3ccc(C)cc3)CC2)c1. The van der Waals surface area contributed by atoms with Gasteiger partial charge < -0.3 is 18.9 Å². The summed E-state index contributed by atoms with van der Waals surface area (Å²) in [5.41, 5.74) is 3.41. The van der Waals surface area contributed by atoms with E-state index in [4.69, 9.17) is 14.0 Å². The predicted octanol–water partition coefficient (Wildman–Crippen LogP) is 3.84. The molecule has 2 heterocycles. The van der Waals surface area contributed by atoms with Gasteiger partial charge in [0.25, 0.3) is 5.91 Å². The number of piperazine rings is 1. The Bertz CT molecular complexity index is 1050. The van der Waals surface area contributed by atoms with E-state index in [9.17, 15) is 4.79 Å². The van der Waals surface area contributed by atoms with E-state index in [1.807, 2.05) is 55.1 Å². The maximum Gasteiger partial charge on any atom is 0.276 e. The number of hydrogen-bond donors (Lipinski definition) is 0. The third-order valence-electron chi connectivity index (χ3n) is 5.79. The molecule has 0 bridgehead atoms. The normalized spacial score (nSPS) is 14.4. The molecule has 0 N–H and O–H groups in total. The quantitative estimate of drug-likeness (QED) is 0.562. The third-order valence-corrected chi connectivity index (χ3v) is 5.79. The molecule has 1 aromatic heterocycles. The summed E-state index contributed by atoms with van der Waals surface area (Å²) in [6.07, 6.45) is 0. The van der Waals surface area contributed by atoms with E-state index in [1.54, 1.807) is 7.11 Å². The van der Waals surface area contributed by atoms with Gasteiger partial charge in [-0.05, 0) is 43.7 Å². The molecule has 0 saturated carbocycles. The Morgan fingerprint density at radius 2 is 1.78 bits per heavy atom. The van der Waals surface area contributed by atoms with Crippen LogP contribution in [0.1, 0.15) is 32.9 Å². The van der Waals surface area contributed by atoms with Crippen LogP contribution in [0.2, 0.25) is 0 Å². The molecule has 1 saturated heterocycles. The molecule has 32 heavy (non-hydrogen) atoms.